The number of fused-ring (bicyclic) bond motifs is 1. The van der Waals surface area contributed by atoms with E-state index < -0.39 is 0 Å². The summed E-state index contributed by atoms with van der Waals surface area (Å²) in [5.74, 6) is 5.09. The molecule has 0 spiro atoms. The van der Waals surface area contributed by atoms with E-state index in [1.54, 1.807) is 0 Å². The minimum Gasteiger partial charge on any atom is -0.323 e. The average molecular weight is 220 g/mol. The average Bonchev–Trinajstić information content (AvgIpc) is 2.20. The smallest absolute Gasteiger partial charge is 0.138 e. The molecular weight excluding hydrogens is 210 g/mol. The molecule has 1 aromatic heterocycles. The minimum atomic E-state index is 0.417. The maximum absolute atomic E-state index is 5.96. The summed E-state index contributed by atoms with van der Waals surface area (Å²) in [6.45, 7) is 2.03. The molecule has 0 aliphatic carbocycles. The zero-order valence-electron chi connectivity index (χ0n) is 8.24. The molecule has 0 saturated carbocycles. The van der Waals surface area contributed by atoms with Crippen molar-refractivity contribution in [1.29, 1.82) is 0 Å². The molecule has 3 nitrogen and oxygen atoms in total. The highest BCUT2D eigenvalue weighted by Gasteiger charge is 2.02. The number of aromatic nitrogens is 1. The molecule has 2 rings (SSSR count). The van der Waals surface area contributed by atoms with Crippen LogP contribution in [0.4, 0.5) is 0 Å². The summed E-state index contributed by atoms with van der Waals surface area (Å²) in [6, 6.07) is 7.92. The van der Waals surface area contributed by atoms with E-state index >= 15 is 0 Å². The Morgan fingerprint density at radius 2 is 2.20 bits per heavy atom. The van der Waals surface area contributed by atoms with Gasteiger partial charge in [-0.3, -0.25) is 0 Å². The van der Waals surface area contributed by atoms with Crippen LogP contribution in [-0.4, -0.2) is 11.2 Å². The quantitative estimate of drug-likeness (QED) is 0.347. The number of nitrogens with two attached hydrogens (primary N) is 1. The first-order valence-corrected chi connectivity index (χ1v) is 4.88. The first-order chi connectivity index (χ1) is 7.20. The topological polar surface area (TPSA) is 51.3 Å². The number of hydrogen-bond acceptors (Lipinski definition) is 3. The number of benzene rings is 1. The van der Waals surface area contributed by atoms with Crippen molar-refractivity contribution < 1.29 is 0 Å². The second-order valence-electron chi connectivity index (χ2n) is 3.34. The lowest BCUT2D eigenvalue weighted by atomic mass is 10.1. The van der Waals surface area contributed by atoms with Crippen LogP contribution in [0.1, 0.15) is 11.1 Å². The first-order valence-electron chi connectivity index (χ1n) is 4.51. The van der Waals surface area contributed by atoms with Crippen LogP contribution in [0.25, 0.3) is 10.9 Å². The van der Waals surface area contributed by atoms with Crippen molar-refractivity contribution in [3.63, 3.8) is 0 Å². The Morgan fingerprint density at radius 3 is 2.93 bits per heavy atom. The minimum absolute atomic E-state index is 0.417. The molecule has 76 valence electrons. The number of aryl methyl sites for hydroxylation is 1. The van der Waals surface area contributed by atoms with Gasteiger partial charge in [0, 0.05) is 10.9 Å². The molecule has 2 N–H and O–H groups in total. The van der Waals surface area contributed by atoms with E-state index in [4.69, 9.17) is 17.4 Å². The summed E-state index contributed by atoms with van der Waals surface area (Å²) >= 11 is 5.96. The van der Waals surface area contributed by atoms with Crippen LogP contribution in [0.2, 0.25) is 5.15 Å². The number of rotatable bonds is 1. The van der Waals surface area contributed by atoms with Crippen LogP contribution in [0.15, 0.2) is 29.4 Å². The summed E-state index contributed by atoms with van der Waals surface area (Å²) in [7, 11) is 0. The van der Waals surface area contributed by atoms with Gasteiger partial charge in [-0.2, -0.15) is 5.10 Å². The van der Waals surface area contributed by atoms with Gasteiger partial charge in [0.15, 0.2) is 0 Å². The molecule has 0 amide bonds. The molecule has 0 atom stereocenters. The Bertz CT molecular complexity index is 535. The Balaban J connectivity index is 2.71. The Kier molecular flexibility index (Phi) is 2.56. The highest BCUT2D eigenvalue weighted by atomic mass is 35.5. The molecule has 0 bridgehead atoms. The van der Waals surface area contributed by atoms with Crippen molar-refractivity contribution in [3.05, 3.63) is 40.5 Å². The van der Waals surface area contributed by atoms with Gasteiger partial charge >= 0.3 is 0 Å². The normalized spacial score (nSPS) is 11.3. The monoisotopic (exact) mass is 219 g/mol. The molecule has 0 radical (unpaired) electrons. The molecule has 15 heavy (non-hydrogen) atoms. The third-order valence-electron chi connectivity index (χ3n) is 2.16. The van der Waals surface area contributed by atoms with Gasteiger partial charge in [0.1, 0.15) is 5.15 Å². The van der Waals surface area contributed by atoms with Crippen molar-refractivity contribution >= 4 is 28.7 Å². The molecule has 0 fully saturated rings. The second-order valence-corrected chi connectivity index (χ2v) is 3.70. The highest BCUT2D eigenvalue weighted by molar-refractivity contribution is 6.32. The number of halogens is 1. The highest BCUT2D eigenvalue weighted by Crippen LogP contribution is 2.20. The molecule has 0 unspecified atom stereocenters. The van der Waals surface area contributed by atoms with Crippen molar-refractivity contribution in [2.45, 2.75) is 6.92 Å². The zero-order valence-corrected chi connectivity index (χ0v) is 8.99. The molecule has 1 aromatic carbocycles. The third kappa shape index (κ3) is 1.92. The lowest BCUT2D eigenvalue weighted by Gasteiger charge is -2.02. The SMILES string of the molecule is Cc1ccc2nc(Cl)c(/C=N/N)cc2c1. The fourth-order valence-corrected chi connectivity index (χ4v) is 1.65. The predicted molar refractivity (Wildman–Crippen MR) is 63.3 cm³/mol. The molecule has 0 saturated heterocycles. The summed E-state index contributed by atoms with van der Waals surface area (Å²) in [4.78, 5) is 4.25. The van der Waals surface area contributed by atoms with Crippen molar-refractivity contribution in [1.82, 2.24) is 4.98 Å². The number of hydrazone groups is 1. The Labute approximate surface area is 92.6 Å². The van der Waals surface area contributed by atoms with Gasteiger partial charge in [-0.15, -0.1) is 0 Å². The maximum Gasteiger partial charge on any atom is 0.138 e. The molecule has 4 heteroatoms. The lowest BCUT2D eigenvalue weighted by molar-refractivity contribution is 1.26. The van der Waals surface area contributed by atoms with E-state index in [2.05, 4.69) is 10.1 Å². The van der Waals surface area contributed by atoms with E-state index in [0.717, 1.165) is 16.5 Å². The standard InChI is InChI=1S/C11H10ClN3/c1-7-2-3-10-8(4-7)5-9(6-14-13)11(12)15-10/h2-6H,13H2,1H3/b14-6+. The number of pyridine rings is 1. The summed E-state index contributed by atoms with van der Waals surface area (Å²) < 4.78 is 0. The summed E-state index contributed by atoms with van der Waals surface area (Å²) in [6.07, 6.45) is 1.50. The molecule has 0 aliphatic rings. The summed E-state index contributed by atoms with van der Waals surface area (Å²) in [5, 5.41) is 4.90. The maximum atomic E-state index is 5.96. The Morgan fingerprint density at radius 1 is 1.40 bits per heavy atom. The van der Waals surface area contributed by atoms with E-state index in [0.29, 0.717) is 5.15 Å². The van der Waals surface area contributed by atoms with E-state index in [9.17, 15) is 0 Å². The largest absolute Gasteiger partial charge is 0.323 e. The molecule has 0 aliphatic heterocycles. The molecule has 1 heterocycles. The van der Waals surface area contributed by atoms with Gasteiger partial charge in [-0.1, -0.05) is 23.2 Å². The predicted octanol–water partition coefficient (Wildman–Crippen LogP) is 2.49. The zero-order chi connectivity index (χ0) is 10.8. The van der Waals surface area contributed by atoms with Gasteiger partial charge in [-0.25, -0.2) is 4.98 Å². The third-order valence-corrected chi connectivity index (χ3v) is 2.47. The van der Waals surface area contributed by atoms with Crippen LogP contribution in [0.5, 0.6) is 0 Å². The van der Waals surface area contributed by atoms with Crippen LogP contribution >= 0.6 is 11.6 Å². The van der Waals surface area contributed by atoms with Crippen molar-refractivity contribution in [3.8, 4) is 0 Å². The first kappa shape index (κ1) is 9.93. The van der Waals surface area contributed by atoms with Crippen molar-refractivity contribution in [2.75, 3.05) is 0 Å². The fraction of sp³-hybridized carbons (Fsp3) is 0.0909. The van der Waals surface area contributed by atoms with Crippen LogP contribution < -0.4 is 5.84 Å². The second kappa shape index (κ2) is 3.87. The van der Waals surface area contributed by atoms with E-state index in [1.807, 2.05) is 31.2 Å². The van der Waals surface area contributed by atoms with Crippen LogP contribution in [0.3, 0.4) is 0 Å². The number of hydrogen-bond donors (Lipinski definition) is 1. The van der Waals surface area contributed by atoms with Gasteiger partial charge in [-0.05, 0) is 25.1 Å². The van der Waals surface area contributed by atoms with Crippen molar-refractivity contribution in [2.24, 2.45) is 10.9 Å². The molecule has 2 aromatic rings. The van der Waals surface area contributed by atoms with Gasteiger partial charge < -0.3 is 5.84 Å². The lowest BCUT2D eigenvalue weighted by Crippen LogP contribution is -1.91. The van der Waals surface area contributed by atoms with E-state index in [-0.39, 0.29) is 0 Å². The molecular formula is C11H10ClN3. The Hall–Kier alpha value is -1.61. The fourth-order valence-electron chi connectivity index (χ4n) is 1.46. The van der Waals surface area contributed by atoms with Gasteiger partial charge in [0.05, 0.1) is 11.7 Å². The summed E-state index contributed by atoms with van der Waals surface area (Å²) in [5.41, 5.74) is 2.79. The van der Waals surface area contributed by atoms with E-state index in [1.165, 1.54) is 11.8 Å². The van der Waals surface area contributed by atoms with Crippen LogP contribution in [0, 0.1) is 6.92 Å². The number of nitrogens with zero attached hydrogens (tertiary/aromatic N) is 2. The van der Waals surface area contributed by atoms with Gasteiger partial charge in [0.25, 0.3) is 0 Å². The van der Waals surface area contributed by atoms with Crippen LogP contribution in [-0.2, 0) is 0 Å². The van der Waals surface area contributed by atoms with Gasteiger partial charge in [0.2, 0.25) is 0 Å².